The molecule has 1 aliphatic rings. The molecule has 2 atom stereocenters. The summed E-state index contributed by atoms with van der Waals surface area (Å²) in [5.41, 5.74) is 7.31. The number of rotatable bonds is 7. The topological polar surface area (TPSA) is 68.6 Å². The number of aromatic nitrogens is 2. The Balaban J connectivity index is 1.43. The van der Waals surface area contributed by atoms with E-state index in [4.69, 9.17) is 26.7 Å². The maximum absolute atomic E-state index is 12.7. The van der Waals surface area contributed by atoms with Crippen LogP contribution in [0, 0.1) is 20.8 Å². The average Bonchev–Trinajstić information content (AvgIpc) is 3.53. The summed E-state index contributed by atoms with van der Waals surface area (Å²) in [5.74, 6) is 1.14. The minimum Gasteiger partial charge on any atom is -0.465 e. The Kier molecular flexibility index (Phi) is 7.69. The van der Waals surface area contributed by atoms with E-state index in [0.717, 1.165) is 45.5 Å². The number of methoxy groups -OCH3 is 1. The van der Waals surface area contributed by atoms with Crippen LogP contribution >= 0.6 is 12.2 Å². The Hall–Kier alpha value is -4.95. The summed E-state index contributed by atoms with van der Waals surface area (Å²) in [6.45, 7) is 6.17. The van der Waals surface area contributed by atoms with Crippen molar-refractivity contribution in [2.75, 3.05) is 12.0 Å². The molecular formula is C35H32N4O3S. The molecule has 216 valence electrons. The average molecular weight is 589 g/mol. The van der Waals surface area contributed by atoms with Crippen LogP contribution in [0.5, 0.6) is 11.5 Å². The highest BCUT2D eigenvalue weighted by Crippen LogP contribution is 2.44. The molecule has 5 aromatic rings. The van der Waals surface area contributed by atoms with E-state index in [2.05, 4.69) is 34.7 Å². The Bertz CT molecular complexity index is 1780. The zero-order valence-corrected chi connectivity index (χ0v) is 25.3. The lowest BCUT2D eigenvalue weighted by molar-refractivity contribution is 0.0600. The van der Waals surface area contributed by atoms with Crippen LogP contribution in [-0.2, 0) is 4.74 Å². The van der Waals surface area contributed by atoms with Gasteiger partial charge in [0.05, 0.1) is 36.1 Å². The fraction of sp³-hybridized carbons (Fsp3) is 0.171. The van der Waals surface area contributed by atoms with E-state index in [1.54, 1.807) is 12.3 Å². The standard InChI is InChI=1S/C35H32N4O3S/c1-22-12-16-26(17-13-22)42-27-18-14-25(15-19-27)39-33(32(37-35(39)43)30-10-7-8-20-36-30)29-21-23(2)38(24(29)3)31-11-6-5-9-28(31)34(40)41-4/h5-21,32-33H,1-4H3,(H,37,43)/t32-,33+/m1/s1. The van der Waals surface area contributed by atoms with Crippen LogP contribution in [0.4, 0.5) is 5.69 Å². The predicted octanol–water partition coefficient (Wildman–Crippen LogP) is 7.55. The number of ether oxygens (including phenoxy) is 2. The van der Waals surface area contributed by atoms with Crippen molar-refractivity contribution >= 4 is 29.0 Å². The second-order valence-electron chi connectivity index (χ2n) is 10.6. The highest BCUT2D eigenvalue weighted by molar-refractivity contribution is 7.80. The fourth-order valence-electron chi connectivity index (χ4n) is 5.78. The number of thiocarbonyl (C=S) groups is 1. The summed E-state index contributed by atoms with van der Waals surface area (Å²) in [6, 6.07) is 31.1. The Labute approximate surface area is 256 Å². The number of carbonyl (C=O) groups excluding carboxylic acids is 1. The highest BCUT2D eigenvalue weighted by Gasteiger charge is 2.42. The van der Waals surface area contributed by atoms with Gasteiger partial charge in [-0.15, -0.1) is 0 Å². The first-order chi connectivity index (χ1) is 20.9. The number of aryl methyl sites for hydroxylation is 2. The third kappa shape index (κ3) is 5.37. The summed E-state index contributed by atoms with van der Waals surface area (Å²) in [6.07, 6.45) is 1.80. The molecule has 0 aliphatic carbocycles. The maximum atomic E-state index is 12.7. The molecule has 0 radical (unpaired) electrons. The smallest absolute Gasteiger partial charge is 0.339 e. The van der Waals surface area contributed by atoms with Crippen molar-refractivity contribution in [2.24, 2.45) is 0 Å². The number of nitrogens with one attached hydrogen (secondary N) is 1. The summed E-state index contributed by atoms with van der Waals surface area (Å²) in [4.78, 5) is 19.5. The van der Waals surface area contributed by atoms with Crippen molar-refractivity contribution in [2.45, 2.75) is 32.9 Å². The molecule has 0 unspecified atom stereocenters. The molecule has 3 heterocycles. The molecule has 1 fully saturated rings. The molecule has 8 heteroatoms. The predicted molar refractivity (Wildman–Crippen MR) is 172 cm³/mol. The van der Waals surface area contributed by atoms with Crippen molar-refractivity contribution in [3.05, 3.63) is 137 Å². The summed E-state index contributed by atoms with van der Waals surface area (Å²) in [7, 11) is 1.40. The molecular weight excluding hydrogens is 556 g/mol. The SMILES string of the molecule is COC(=O)c1ccccc1-n1c(C)cc([C@H]2[C@@H](c3ccccn3)NC(=S)N2c2ccc(Oc3ccc(C)cc3)cc2)c1C. The zero-order chi connectivity index (χ0) is 30.1. The minimum atomic E-state index is -0.380. The monoisotopic (exact) mass is 588 g/mol. The number of hydrogen-bond donors (Lipinski definition) is 1. The van der Waals surface area contributed by atoms with E-state index < -0.39 is 0 Å². The van der Waals surface area contributed by atoms with Gasteiger partial charge in [0.15, 0.2) is 5.11 Å². The number of benzene rings is 3. The summed E-state index contributed by atoms with van der Waals surface area (Å²) >= 11 is 5.96. The molecule has 0 amide bonds. The van der Waals surface area contributed by atoms with Gasteiger partial charge < -0.3 is 24.3 Å². The Morgan fingerprint density at radius 3 is 2.23 bits per heavy atom. The quantitative estimate of drug-likeness (QED) is 0.155. The van der Waals surface area contributed by atoms with E-state index in [0.29, 0.717) is 10.7 Å². The zero-order valence-electron chi connectivity index (χ0n) is 24.4. The van der Waals surface area contributed by atoms with Crippen LogP contribution < -0.4 is 15.0 Å². The molecule has 0 bridgehead atoms. The molecule has 0 saturated carbocycles. The Morgan fingerprint density at radius 2 is 1.56 bits per heavy atom. The molecule has 1 aliphatic heterocycles. The van der Waals surface area contributed by atoms with Crippen molar-refractivity contribution in [1.82, 2.24) is 14.9 Å². The van der Waals surface area contributed by atoms with Gasteiger partial charge in [0.1, 0.15) is 11.5 Å². The minimum absolute atomic E-state index is 0.206. The van der Waals surface area contributed by atoms with Crippen molar-refractivity contribution in [1.29, 1.82) is 0 Å². The van der Waals surface area contributed by atoms with Gasteiger partial charge in [-0.1, -0.05) is 35.9 Å². The van der Waals surface area contributed by atoms with Crippen molar-refractivity contribution in [3.8, 4) is 17.2 Å². The van der Waals surface area contributed by atoms with Gasteiger partial charge in [0.2, 0.25) is 0 Å². The lowest BCUT2D eigenvalue weighted by Crippen LogP contribution is -2.29. The van der Waals surface area contributed by atoms with Crippen LogP contribution in [0.3, 0.4) is 0 Å². The first-order valence-electron chi connectivity index (χ1n) is 14.1. The molecule has 1 saturated heterocycles. The van der Waals surface area contributed by atoms with Crippen LogP contribution in [0.2, 0.25) is 0 Å². The van der Waals surface area contributed by atoms with Gasteiger partial charge in [0, 0.05) is 23.3 Å². The molecule has 3 aromatic carbocycles. The molecule has 1 N–H and O–H groups in total. The number of hydrogen-bond acceptors (Lipinski definition) is 5. The van der Waals surface area contributed by atoms with E-state index in [1.807, 2.05) is 91.9 Å². The van der Waals surface area contributed by atoms with E-state index in [-0.39, 0.29) is 18.1 Å². The number of carbonyl (C=O) groups is 1. The lowest BCUT2D eigenvalue weighted by atomic mass is 9.96. The van der Waals surface area contributed by atoms with Gasteiger partial charge in [-0.25, -0.2) is 4.79 Å². The largest absolute Gasteiger partial charge is 0.465 e. The number of para-hydroxylation sites is 1. The van der Waals surface area contributed by atoms with Gasteiger partial charge >= 0.3 is 5.97 Å². The number of esters is 1. The number of anilines is 1. The third-order valence-corrected chi connectivity index (χ3v) is 8.12. The normalized spacial score (nSPS) is 16.2. The second-order valence-corrected chi connectivity index (χ2v) is 11.0. The fourth-order valence-corrected chi connectivity index (χ4v) is 6.12. The molecule has 6 rings (SSSR count). The molecule has 2 aromatic heterocycles. The third-order valence-electron chi connectivity index (χ3n) is 7.81. The van der Waals surface area contributed by atoms with Crippen molar-refractivity contribution in [3.63, 3.8) is 0 Å². The summed E-state index contributed by atoms with van der Waals surface area (Å²) in [5, 5.41) is 4.15. The summed E-state index contributed by atoms with van der Waals surface area (Å²) < 4.78 is 13.3. The van der Waals surface area contributed by atoms with Crippen LogP contribution in [0.1, 0.15) is 50.7 Å². The Morgan fingerprint density at radius 1 is 0.884 bits per heavy atom. The number of pyridine rings is 1. The van der Waals surface area contributed by atoms with E-state index >= 15 is 0 Å². The lowest BCUT2D eigenvalue weighted by Gasteiger charge is -2.28. The molecule has 7 nitrogen and oxygen atoms in total. The molecule has 0 spiro atoms. The van der Waals surface area contributed by atoms with Gasteiger partial charge in [-0.3, -0.25) is 4.98 Å². The highest BCUT2D eigenvalue weighted by atomic mass is 32.1. The van der Waals surface area contributed by atoms with Crippen LogP contribution in [0.15, 0.2) is 103 Å². The first-order valence-corrected chi connectivity index (χ1v) is 14.5. The van der Waals surface area contributed by atoms with Gasteiger partial charge in [0.25, 0.3) is 0 Å². The van der Waals surface area contributed by atoms with Gasteiger partial charge in [-0.05, 0) is 105 Å². The van der Waals surface area contributed by atoms with E-state index in [1.165, 1.54) is 12.7 Å². The van der Waals surface area contributed by atoms with E-state index in [9.17, 15) is 4.79 Å². The van der Waals surface area contributed by atoms with Crippen LogP contribution in [-0.4, -0.2) is 27.7 Å². The van der Waals surface area contributed by atoms with Crippen LogP contribution in [0.25, 0.3) is 5.69 Å². The molecule has 43 heavy (non-hydrogen) atoms. The number of nitrogens with zero attached hydrogens (tertiary/aromatic N) is 3. The second kappa shape index (κ2) is 11.7. The first kappa shape index (κ1) is 28.2. The van der Waals surface area contributed by atoms with Crippen molar-refractivity contribution < 1.29 is 14.3 Å². The maximum Gasteiger partial charge on any atom is 0.339 e. The van der Waals surface area contributed by atoms with Gasteiger partial charge in [-0.2, -0.15) is 0 Å².